The van der Waals surface area contributed by atoms with Crippen LogP contribution in [0.25, 0.3) is 5.70 Å². The number of rotatable bonds is 4. The van der Waals surface area contributed by atoms with Gasteiger partial charge in [0.15, 0.2) is 16.5 Å². The minimum Gasteiger partial charge on any atom is -0.298 e. The first-order chi connectivity index (χ1) is 17.2. The molecule has 1 atom stereocenters. The highest BCUT2D eigenvalue weighted by molar-refractivity contribution is 8.16. The number of fused-ring (bicyclic) bond motifs is 1. The Hall–Kier alpha value is -3.60. The summed E-state index contributed by atoms with van der Waals surface area (Å²) in [5.74, 6) is 0.00491. The van der Waals surface area contributed by atoms with Crippen molar-refractivity contribution in [3.8, 4) is 0 Å². The molecule has 6 rings (SSSR count). The maximum absolute atomic E-state index is 14.8. The lowest BCUT2D eigenvalue weighted by Crippen LogP contribution is -2.56. The van der Waals surface area contributed by atoms with Gasteiger partial charge in [-0.05, 0) is 34.4 Å². The Morgan fingerprint density at radius 1 is 0.743 bits per heavy atom. The molecule has 0 aromatic heterocycles. The van der Waals surface area contributed by atoms with Crippen molar-refractivity contribution in [2.45, 2.75) is 11.6 Å². The van der Waals surface area contributed by atoms with E-state index in [1.165, 1.54) is 0 Å². The molecule has 4 aromatic carbocycles. The summed E-state index contributed by atoms with van der Waals surface area (Å²) < 4.78 is 0. The van der Waals surface area contributed by atoms with E-state index in [9.17, 15) is 4.79 Å². The number of ketones is 1. The van der Waals surface area contributed by atoms with E-state index in [1.54, 1.807) is 11.8 Å². The number of thioether (sulfide) groups is 1. The molecule has 0 radical (unpaired) electrons. The van der Waals surface area contributed by atoms with E-state index in [1.807, 2.05) is 103 Å². The van der Waals surface area contributed by atoms with Crippen LogP contribution in [0.5, 0.6) is 0 Å². The molecule has 0 spiro atoms. The van der Waals surface area contributed by atoms with E-state index in [0.29, 0.717) is 5.02 Å². The Bertz CT molecular complexity index is 1390. The Balaban J connectivity index is 1.66. The highest BCUT2D eigenvalue weighted by Crippen LogP contribution is 2.52. The number of halogens is 1. The normalized spacial score (nSPS) is 18.6. The zero-order valence-electron chi connectivity index (χ0n) is 18.7. The SMILES string of the molecule is O=C1C(c2ccc(Cl)cc2)N=C2SC=C(c3ccccc3)N2C1(c1ccccc1)c1ccccc1. The third kappa shape index (κ3) is 3.53. The molecule has 0 saturated heterocycles. The van der Waals surface area contributed by atoms with Gasteiger partial charge in [0.2, 0.25) is 0 Å². The molecule has 5 heteroatoms. The summed E-state index contributed by atoms with van der Waals surface area (Å²) >= 11 is 7.73. The molecule has 0 N–H and O–H groups in total. The maximum atomic E-state index is 14.8. The van der Waals surface area contributed by atoms with Crippen LogP contribution in [0, 0.1) is 0 Å². The average Bonchev–Trinajstić information content (AvgIpc) is 3.35. The molecular weight excluding hydrogens is 472 g/mol. The fraction of sp³-hybridized carbons (Fsp3) is 0.0667. The van der Waals surface area contributed by atoms with E-state index < -0.39 is 11.6 Å². The number of hydrogen-bond acceptors (Lipinski definition) is 4. The van der Waals surface area contributed by atoms with Crippen LogP contribution in [-0.4, -0.2) is 15.9 Å². The lowest BCUT2D eigenvalue weighted by Gasteiger charge is -2.47. The van der Waals surface area contributed by atoms with Gasteiger partial charge < -0.3 is 0 Å². The van der Waals surface area contributed by atoms with E-state index in [2.05, 4.69) is 22.4 Å². The van der Waals surface area contributed by atoms with E-state index >= 15 is 0 Å². The van der Waals surface area contributed by atoms with E-state index in [0.717, 1.165) is 33.1 Å². The number of aliphatic imine (C=N–C) groups is 1. The van der Waals surface area contributed by atoms with Crippen molar-refractivity contribution in [1.82, 2.24) is 4.90 Å². The summed E-state index contributed by atoms with van der Waals surface area (Å²) in [6.07, 6.45) is 0. The van der Waals surface area contributed by atoms with Crippen molar-refractivity contribution < 1.29 is 4.79 Å². The largest absolute Gasteiger partial charge is 0.298 e. The van der Waals surface area contributed by atoms with Gasteiger partial charge in [0.1, 0.15) is 6.04 Å². The first-order valence-corrected chi connectivity index (χ1v) is 12.7. The van der Waals surface area contributed by atoms with Crippen LogP contribution in [-0.2, 0) is 10.3 Å². The molecule has 170 valence electrons. The minimum atomic E-state index is -1.09. The van der Waals surface area contributed by atoms with Crippen molar-refractivity contribution in [2.24, 2.45) is 4.99 Å². The van der Waals surface area contributed by atoms with Crippen LogP contribution < -0.4 is 0 Å². The molecule has 2 heterocycles. The van der Waals surface area contributed by atoms with Crippen molar-refractivity contribution in [2.75, 3.05) is 0 Å². The molecule has 0 saturated carbocycles. The van der Waals surface area contributed by atoms with E-state index in [-0.39, 0.29) is 5.78 Å². The van der Waals surface area contributed by atoms with Gasteiger partial charge in [-0.2, -0.15) is 0 Å². The number of carbonyl (C=O) groups is 1. The van der Waals surface area contributed by atoms with Crippen LogP contribution in [0.2, 0.25) is 5.02 Å². The molecule has 4 aromatic rings. The van der Waals surface area contributed by atoms with Crippen molar-refractivity contribution >= 4 is 40.0 Å². The summed E-state index contributed by atoms with van der Waals surface area (Å²) in [4.78, 5) is 22.0. The third-order valence-electron chi connectivity index (χ3n) is 6.53. The van der Waals surface area contributed by atoms with Gasteiger partial charge in [-0.15, -0.1) is 0 Å². The first-order valence-electron chi connectivity index (χ1n) is 11.4. The Morgan fingerprint density at radius 3 is 1.86 bits per heavy atom. The van der Waals surface area contributed by atoms with Crippen molar-refractivity contribution in [3.05, 3.63) is 148 Å². The van der Waals surface area contributed by atoms with Gasteiger partial charge in [-0.3, -0.25) is 9.69 Å². The molecule has 0 aliphatic carbocycles. The number of hydrogen-bond donors (Lipinski definition) is 0. The van der Waals surface area contributed by atoms with Gasteiger partial charge in [0.25, 0.3) is 0 Å². The standard InChI is InChI=1S/C30H21ClN2OS/c31-25-18-16-22(17-19-25)27-28(34)30(23-12-6-2-7-13-23,24-14-8-3-9-15-24)33-26(20-35-29(33)32-27)21-10-4-1-5-11-21/h1-20,27H. The molecule has 0 bridgehead atoms. The molecule has 2 aliphatic heterocycles. The zero-order chi connectivity index (χ0) is 23.8. The molecule has 2 aliphatic rings. The molecule has 0 amide bonds. The maximum Gasteiger partial charge on any atom is 0.196 e. The smallest absolute Gasteiger partial charge is 0.196 e. The molecule has 3 nitrogen and oxygen atoms in total. The lowest BCUT2D eigenvalue weighted by molar-refractivity contribution is -0.128. The van der Waals surface area contributed by atoms with Gasteiger partial charge in [-0.25, -0.2) is 4.99 Å². The number of nitrogens with zero attached hydrogens (tertiary/aromatic N) is 2. The minimum absolute atomic E-state index is 0.00491. The van der Waals surface area contributed by atoms with Crippen LogP contribution in [0.1, 0.15) is 28.3 Å². The summed E-state index contributed by atoms with van der Waals surface area (Å²) in [5, 5.41) is 3.54. The Kier molecular flexibility index (Phi) is 5.56. The topological polar surface area (TPSA) is 32.7 Å². The van der Waals surface area contributed by atoms with Crippen molar-refractivity contribution in [3.63, 3.8) is 0 Å². The predicted octanol–water partition coefficient (Wildman–Crippen LogP) is 7.31. The summed E-state index contributed by atoms with van der Waals surface area (Å²) in [5.41, 5.74) is 3.56. The van der Waals surface area contributed by atoms with Gasteiger partial charge in [0.05, 0.1) is 5.70 Å². The second-order valence-electron chi connectivity index (χ2n) is 8.49. The average molecular weight is 493 g/mol. The van der Waals surface area contributed by atoms with Crippen LogP contribution >= 0.6 is 23.4 Å². The van der Waals surface area contributed by atoms with Gasteiger partial charge >= 0.3 is 0 Å². The fourth-order valence-corrected chi connectivity index (χ4v) is 6.04. The van der Waals surface area contributed by atoms with Gasteiger partial charge in [-0.1, -0.05) is 126 Å². The zero-order valence-corrected chi connectivity index (χ0v) is 20.3. The van der Waals surface area contributed by atoms with Crippen LogP contribution in [0.15, 0.2) is 126 Å². The molecule has 1 unspecified atom stereocenters. The summed E-state index contributed by atoms with van der Waals surface area (Å²) in [6.45, 7) is 0. The van der Waals surface area contributed by atoms with Crippen LogP contribution in [0.3, 0.4) is 0 Å². The predicted molar refractivity (Wildman–Crippen MR) is 144 cm³/mol. The highest BCUT2D eigenvalue weighted by atomic mass is 35.5. The Labute approximate surface area is 213 Å². The second-order valence-corrected chi connectivity index (χ2v) is 9.77. The first kappa shape index (κ1) is 21.9. The summed E-state index contributed by atoms with van der Waals surface area (Å²) in [7, 11) is 0. The lowest BCUT2D eigenvalue weighted by atomic mass is 9.73. The number of benzene rings is 4. The van der Waals surface area contributed by atoms with E-state index in [4.69, 9.17) is 16.6 Å². The van der Waals surface area contributed by atoms with Gasteiger partial charge in [0, 0.05) is 10.4 Å². The highest BCUT2D eigenvalue weighted by Gasteiger charge is 2.56. The van der Waals surface area contributed by atoms with Crippen molar-refractivity contribution in [1.29, 1.82) is 0 Å². The number of amidine groups is 1. The quantitative estimate of drug-likeness (QED) is 0.299. The fourth-order valence-electron chi connectivity index (χ4n) is 4.95. The number of carbonyl (C=O) groups excluding carboxylic acids is 1. The van der Waals surface area contributed by atoms with Crippen LogP contribution in [0.4, 0.5) is 0 Å². The second kappa shape index (κ2) is 8.88. The summed E-state index contributed by atoms with van der Waals surface area (Å²) in [6, 6.07) is 37.1. The number of Topliss-reactive ketones (excluding diaryl/α,β-unsaturated/α-hetero) is 1. The monoisotopic (exact) mass is 492 g/mol. The molecule has 35 heavy (non-hydrogen) atoms. The third-order valence-corrected chi connectivity index (χ3v) is 7.62. The molecular formula is C30H21ClN2OS. The Morgan fingerprint density at radius 2 is 1.29 bits per heavy atom. The molecule has 0 fully saturated rings.